The van der Waals surface area contributed by atoms with Crippen LogP contribution in [0, 0.1) is 0 Å². The Morgan fingerprint density at radius 1 is 1.17 bits per heavy atom. The number of rotatable bonds is 8. The Bertz CT molecular complexity index is 851. The number of carbonyl (C=O) groups is 1. The van der Waals surface area contributed by atoms with Crippen LogP contribution in [0.2, 0.25) is 0 Å². The zero-order valence-corrected chi connectivity index (χ0v) is 20.2. The van der Waals surface area contributed by atoms with E-state index in [2.05, 4.69) is 20.3 Å². The van der Waals surface area contributed by atoms with Gasteiger partial charge in [0.15, 0.2) is 0 Å². The monoisotopic (exact) mass is 492 g/mol. The summed E-state index contributed by atoms with van der Waals surface area (Å²) < 4.78 is 17.6. The maximum absolute atomic E-state index is 12.6. The van der Waals surface area contributed by atoms with Gasteiger partial charge in [0.2, 0.25) is 0 Å². The first-order valence-corrected chi connectivity index (χ1v) is 11.8. The highest BCUT2D eigenvalue weighted by molar-refractivity contribution is 9.10. The van der Waals surface area contributed by atoms with E-state index in [-0.39, 0.29) is 6.04 Å². The van der Waals surface area contributed by atoms with E-state index in [0.29, 0.717) is 19.4 Å². The van der Waals surface area contributed by atoms with E-state index in [1.54, 1.807) is 0 Å². The fourth-order valence-corrected chi connectivity index (χ4v) is 3.84. The van der Waals surface area contributed by atoms with Gasteiger partial charge >= 0.3 is 6.09 Å². The van der Waals surface area contributed by atoms with Gasteiger partial charge in [-0.25, -0.2) is 4.79 Å². The van der Waals surface area contributed by atoms with Crippen LogP contribution in [0.15, 0.2) is 63.5 Å². The molecule has 1 amide bonds. The first-order chi connectivity index (χ1) is 14.1. The van der Waals surface area contributed by atoms with Gasteiger partial charge in [-0.1, -0.05) is 62.8 Å². The standard InChI is InChI=1S/C23H29BrN2O3S/c1-17(18-12-14-20(24)15-13-18)26(22(27)28)16-8-11-21(19-9-6-5-7-10-19)25-30(29)23(2,3)4/h5-7,9-10,12-15,17H,8,11,16H2,1-4H3,(H,27,28)/b25-21+/t17-,30?/m0/s1. The summed E-state index contributed by atoms with van der Waals surface area (Å²) in [4.78, 5) is 13.3. The van der Waals surface area contributed by atoms with Gasteiger partial charge in [-0.3, -0.25) is 0 Å². The van der Waals surface area contributed by atoms with Crippen LogP contribution in [0.5, 0.6) is 0 Å². The van der Waals surface area contributed by atoms with Crippen LogP contribution in [-0.4, -0.2) is 37.7 Å². The lowest BCUT2D eigenvalue weighted by Crippen LogP contribution is -2.33. The molecule has 2 rings (SSSR count). The fourth-order valence-electron chi connectivity index (χ4n) is 2.90. The number of nitrogens with zero attached hydrogens (tertiary/aromatic N) is 2. The van der Waals surface area contributed by atoms with Crippen molar-refractivity contribution in [3.8, 4) is 0 Å². The van der Waals surface area contributed by atoms with E-state index < -0.39 is 22.2 Å². The van der Waals surface area contributed by atoms with Crippen molar-refractivity contribution in [2.45, 2.75) is 51.3 Å². The van der Waals surface area contributed by atoms with Crippen LogP contribution in [0.25, 0.3) is 0 Å². The van der Waals surface area contributed by atoms with Crippen LogP contribution in [-0.2, 0) is 11.4 Å². The molecule has 2 aromatic rings. The third-order valence-electron chi connectivity index (χ3n) is 4.70. The fraction of sp³-hybridized carbons (Fsp3) is 0.391. The SMILES string of the molecule is C[C@@H](c1ccc(Br)cc1)N(CCC/C(=N\[S+]([O-])C(C)(C)C)c1ccccc1)C(=O)O. The van der Waals surface area contributed by atoms with E-state index >= 15 is 0 Å². The second kappa shape index (κ2) is 11.0. The number of carboxylic acid groups (broad SMARTS) is 1. The van der Waals surface area contributed by atoms with Crippen LogP contribution in [0.1, 0.15) is 57.7 Å². The lowest BCUT2D eigenvalue weighted by molar-refractivity contribution is 0.127. The highest BCUT2D eigenvalue weighted by atomic mass is 79.9. The van der Waals surface area contributed by atoms with Crippen molar-refractivity contribution in [3.63, 3.8) is 0 Å². The second-order valence-corrected chi connectivity index (χ2v) is 10.9. The molecule has 0 saturated heterocycles. The summed E-state index contributed by atoms with van der Waals surface area (Å²) in [7, 11) is 0. The van der Waals surface area contributed by atoms with E-state index in [1.165, 1.54) is 4.90 Å². The van der Waals surface area contributed by atoms with Crippen LogP contribution in [0.3, 0.4) is 0 Å². The van der Waals surface area contributed by atoms with Crippen molar-refractivity contribution in [2.75, 3.05) is 6.54 Å². The molecule has 0 radical (unpaired) electrons. The molecule has 5 nitrogen and oxygen atoms in total. The molecule has 0 heterocycles. The molecule has 0 fully saturated rings. The van der Waals surface area contributed by atoms with Crippen LogP contribution in [0.4, 0.5) is 4.79 Å². The normalized spacial score (nSPS) is 14.3. The molecule has 1 N–H and O–H groups in total. The average Bonchev–Trinajstić information content (AvgIpc) is 2.70. The Kier molecular flexibility index (Phi) is 8.94. The van der Waals surface area contributed by atoms with E-state index in [9.17, 15) is 14.5 Å². The van der Waals surface area contributed by atoms with E-state index in [1.807, 2.05) is 82.3 Å². The maximum Gasteiger partial charge on any atom is 0.407 e. The van der Waals surface area contributed by atoms with Crippen LogP contribution < -0.4 is 0 Å². The lowest BCUT2D eigenvalue weighted by atomic mass is 10.0. The van der Waals surface area contributed by atoms with Gasteiger partial charge in [-0.2, -0.15) is 0 Å². The number of hydrogen-bond acceptors (Lipinski definition) is 3. The number of hydrogen-bond donors (Lipinski definition) is 1. The highest BCUT2D eigenvalue weighted by Gasteiger charge is 2.28. The van der Waals surface area contributed by atoms with Crippen molar-refractivity contribution < 1.29 is 14.5 Å². The Hall–Kier alpha value is -1.83. The Morgan fingerprint density at radius 2 is 1.77 bits per heavy atom. The van der Waals surface area contributed by atoms with Gasteiger partial charge in [0.1, 0.15) is 16.1 Å². The van der Waals surface area contributed by atoms with Gasteiger partial charge in [-0.05, 0) is 58.2 Å². The Morgan fingerprint density at radius 3 is 2.30 bits per heavy atom. The molecular weight excluding hydrogens is 464 g/mol. The third-order valence-corrected chi connectivity index (χ3v) is 6.66. The predicted octanol–water partition coefficient (Wildman–Crippen LogP) is 6.22. The molecule has 0 aromatic heterocycles. The molecule has 1 unspecified atom stereocenters. The lowest BCUT2D eigenvalue weighted by Gasteiger charge is -2.27. The summed E-state index contributed by atoms with van der Waals surface area (Å²) in [5.74, 6) is 0. The molecule has 2 aromatic carbocycles. The zero-order chi connectivity index (χ0) is 22.3. The summed E-state index contributed by atoms with van der Waals surface area (Å²) >= 11 is 2.03. The smallest absolute Gasteiger partial charge is 0.407 e. The summed E-state index contributed by atoms with van der Waals surface area (Å²) in [6, 6.07) is 17.1. The quantitative estimate of drug-likeness (QED) is 0.350. The maximum atomic E-state index is 12.6. The van der Waals surface area contributed by atoms with E-state index in [0.717, 1.165) is 21.3 Å². The highest BCUT2D eigenvalue weighted by Crippen LogP contribution is 2.24. The minimum atomic E-state index is -1.38. The Labute approximate surface area is 190 Å². The molecule has 0 bridgehead atoms. The van der Waals surface area contributed by atoms with Crippen molar-refractivity contribution in [2.24, 2.45) is 4.40 Å². The van der Waals surface area contributed by atoms with Gasteiger partial charge in [0.25, 0.3) is 0 Å². The zero-order valence-electron chi connectivity index (χ0n) is 17.8. The third kappa shape index (κ3) is 7.15. The van der Waals surface area contributed by atoms with Crippen molar-refractivity contribution in [1.29, 1.82) is 0 Å². The minimum absolute atomic E-state index is 0.267. The molecule has 0 aliphatic carbocycles. The molecule has 7 heteroatoms. The topological polar surface area (TPSA) is 76.0 Å². The van der Waals surface area contributed by atoms with Gasteiger partial charge in [-0.15, -0.1) is 0 Å². The first-order valence-electron chi connectivity index (χ1n) is 9.89. The van der Waals surface area contributed by atoms with Gasteiger partial charge in [0, 0.05) is 16.6 Å². The van der Waals surface area contributed by atoms with Crippen LogP contribution >= 0.6 is 15.9 Å². The molecular formula is C23H29BrN2O3S. The van der Waals surface area contributed by atoms with Gasteiger partial charge in [0.05, 0.1) is 11.8 Å². The minimum Gasteiger partial charge on any atom is -0.591 e. The summed E-state index contributed by atoms with van der Waals surface area (Å²) in [6.45, 7) is 7.92. The molecule has 0 saturated carbocycles. The first kappa shape index (κ1) is 24.4. The predicted molar refractivity (Wildman–Crippen MR) is 127 cm³/mol. The molecule has 162 valence electrons. The largest absolute Gasteiger partial charge is 0.591 e. The summed E-state index contributed by atoms with van der Waals surface area (Å²) in [5.41, 5.74) is 2.59. The number of amides is 1. The summed E-state index contributed by atoms with van der Waals surface area (Å²) in [5, 5.41) is 9.73. The van der Waals surface area contributed by atoms with Crippen molar-refractivity contribution in [1.82, 2.24) is 4.90 Å². The number of benzene rings is 2. The Balaban J connectivity index is 2.14. The molecule has 0 aliphatic rings. The van der Waals surface area contributed by atoms with E-state index in [4.69, 9.17) is 0 Å². The molecule has 0 spiro atoms. The second-order valence-electron chi connectivity index (χ2n) is 8.07. The summed E-state index contributed by atoms with van der Waals surface area (Å²) in [6.07, 6.45) is 0.173. The van der Waals surface area contributed by atoms with Gasteiger partial charge < -0.3 is 14.6 Å². The molecule has 2 atom stereocenters. The molecule has 0 aliphatic heterocycles. The molecule has 30 heavy (non-hydrogen) atoms. The van der Waals surface area contributed by atoms with Crippen molar-refractivity contribution in [3.05, 3.63) is 70.2 Å². The number of halogens is 1. The van der Waals surface area contributed by atoms with Crippen molar-refractivity contribution >= 4 is 39.1 Å². The average molecular weight is 493 g/mol.